The molecule has 0 aliphatic carbocycles. The summed E-state index contributed by atoms with van der Waals surface area (Å²) in [7, 11) is -2.24. The molecule has 2 atom stereocenters. The molecule has 21 heavy (non-hydrogen) atoms. The zero-order chi connectivity index (χ0) is 15.8. The van der Waals surface area contributed by atoms with Gasteiger partial charge in [0.15, 0.2) is 5.75 Å². The Labute approximate surface area is 138 Å². The van der Waals surface area contributed by atoms with Crippen molar-refractivity contribution >= 4 is 37.6 Å². The predicted octanol–water partition coefficient (Wildman–Crippen LogP) is 2.48. The van der Waals surface area contributed by atoms with E-state index in [0.29, 0.717) is 22.6 Å². The highest BCUT2D eigenvalue weighted by molar-refractivity contribution is 9.10. The van der Waals surface area contributed by atoms with E-state index >= 15 is 0 Å². The summed E-state index contributed by atoms with van der Waals surface area (Å²) >= 11 is 9.31. The molecule has 2 unspecified atom stereocenters. The number of methoxy groups -OCH3 is 1. The van der Waals surface area contributed by atoms with Gasteiger partial charge in [0.1, 0.15) is 4.90 Å². The van der Waals surface area contributed by atoms with E-state index < -0.39 is 10.0 Å². The van der Waals surface area contributed by atoms with Gasteiger partial charge in [-0.05, 0) is 41.9 Å². The van der Waals surface area contributed by atoms with Crippen molar-refractivity contribution < 1.29 is 13.2 Å². The van der Waals surface area contributed by atoms with Crippen molar-refractivity contribution in [3.63, 3.8) is 0 Å². The number of sulfonamides is 1. The van der Waals surface area contributed by atoms with Crippen molar-refractivity contribution in [3.8, 4) is 5.75 Å². The summed E-state index contributed by atoms with van der Waals surface area (Å²) < 4.78 is 33.2. The number of piperazine rings is 1. The Hall–Kier alpha value is -0.340. The molecule has 0 bridgehead atoms. The maximum Gasteiger partial charge on any atom is 0.247 e. The SMILES string of the molecule is COc1c(Br)cc(Cl)cc1S(=O)(=O)N1CCNC(C)C1C. The van der Waals surface area contributed by atoms with Gasteiger partial charge >= 0.3 is 0 Å². The van der Waals surface area contributed by atoms with Crippen LogP contribution >= 0.6 is 27.5 Å². The van der Waals surface area contributed by atoms with Crippen LogP contribution in [0, 0.1) is 0 Å². The summed E-state index contributed by atoms with van der Waals surface area (Å²) in [4.78, 5) is 0.0883. The fraction of sp³-hybridized carbons (Fsp3) is 0.538. The molecule has 2 rings (SSSR count). The average molecular weight is 398 g/mol. The van der Waals surface area contributed by atoms with E-state index in [-0.39, 0.29) is 22.7 Å². The summed E-state index contributed by atoms with van der Waals surface area (Å²) in [6, 6.07) is 2.98. The van der Waals surface area contributed by atoms with E-state index in [0.717, 1.165) is 0 Å². The molecule has 1 heterocycles. The van der Waals surface area contributed by atoms with Gasteiger partial charge in [0.05, 0.1) is 11.6 Å². The molecule has 1 fully saturated rings. The van der Waals surface area contributed by atoms with Crippen molar-refractivity contribution in [1.82, 2.24) is 9.62 Å². The number of rotatable bonds is 3. The van der Waals surface area contributed by atoms with Crippen LogP contribution in [0.25, 0.3) is 0 Å². The van der Waals surface area contributed by atoms with Crippen molar-refractivity contribution in [2.24, 2.45) is 0 Å². The third-order valence-electron chi connectivity index (χ3n) is 3.74. The number of hydrogen-bond acceptors (Lipinski definition) is 4. The first-order chi connectivity index (χ1) is 9.78. The molecule has 1 aliphatic heterocycles. The topological polar surface area (TPSA) is 58.6 Å². The lowest BCUT2D eigenvalue weighted by Crippen LogP contribution is -2.57. The van der Waals surface area contributed by atoms with Gasteiger partial charge in [-0.1, -0.05) is 11.6 Å². The molecule has 118 valence electrons. The van der Waals surface area contributed by atoms with E-state index in [2.05, 4.69) is 21.2 Å². The van der Waals surface area contributed by atoms with Gasteiger partial charge in [0.25, 0.3) is 0 Å². The molecule has 0 spiro atoms. The zero-order valence-corrected chi connectivity index (χ0v) is 15.2. The first-order valence-electron chi connectivity index (χ1n) is 6.57. The van der Waals surface area contributed by atoms with Crippen molar-refractivity contribution in [2.75, 3.05) is 20.2 Å². The van der Waals surface area contributed by atoms with Crippen LogP contribution in [0.1, 0.15) is 13.8 Å². The highest BCUT2D eigenvalue weighted by Gasteiger charge is 2.36. The molecular formula is C13H18BrClN2O3S. The van der Waals surface area contributed by atoms with Gasteiger partial charge in [-0.25, -0.2) is 8.42 Å². The Kier molecular flexibility index (Phi) is 5.20. The molecule has 5 nitrogen and oxygen atoms in total. The molecule has 8 heteroatoms. The maximum atomic E-state index is 13.0. The van der Waals surface area contributed by atoms with E-state index in [1.807, 2.05) is 13.8 Å². The first kappa shape index (κ1) is 17.0. The molecule has 1 aromatic carbocycles. The lowest BCUT2D eigenvalue weighted by atomic mass is 10.1. The highest BCUT2D eigenvalue weighted by atomic mass is 79.9. The van der Waals surface area contributed by atoms with E-state index in [1.165, 1.54) is 17.5 Å². The largest absolute Gasteiger partial charge is 0.494 e. The second kappa shape index (κ2) is 6.42. The molecule has 1 aromatic rings. The second-order valence-electron chi connectivity index (χ2n) is 5.02. The average Bonchev–Trinajstić information content (AvgIpc) is 2.41. The normalized spacial score (nSPS) is 24.0. The Bertz CT molecular complexity index is 639. The van der Waals surface area contributed by atoms with Crippen LogP contribution in [0.4, 0.5) is 0 Å². The number of halogens is 2. The van der Waals surface area contributed by atoms with Gasteiger partial charge in [0.2, 0.25) is 10.0 Å². The minimum atomic E-state index is -3.68. The molecule has 1 saturated heterocycles. The fourth-order valence-corrected chi connectivity index (χ4v) is 5.49. The van der Waals surface area contributed by atoms with Crippen LogP contribution < -0.4 is 10.1 Å². The van der Waals surface area contributed by atoms with E-state index in [1.54, 1.807) is 6.07 Å². The third-order valence-corrected chi connectivity index (χ3v) is 6.54. The van der Waals surface area contributed by atoms with Crippen molar-refractivity contribution in [3.05, 3.63) is 21.6 Å². The van der Waals surface area contributed by atoms with Crippen LogP contribution in [0.2, 0.25) is 5.02 Å². The van der Waals surface area contributed by atoms with Crippen LogP contribution in [0.5, 0.6) is 5.75 Å². The Morgan fingerprint density at radius 1 is 1.43 bits per heavy atom. The molecule has 0 radical (unpaired) electrons. The number of benzene rings is 1. The first-order valence-corrected chi connectivity index (χ1v) is 9.18. The zero-order valence-electron chi connectivity index (χ0n) is 12.1. The summed E-state index contributed by atoms with van der Waals surface area (Å²) in [5.41, 5.74) is 0. The van der Waals surface area contributed by atoms with Crippen molar-refractivity contribution in [1.29, 1.82) is 0 Å². The Morgan fingerprint density at radius 2 is 2.10 bits per heavy atom. The van der Waals surface area contributed by atoms with Gasteiger partial charge in [-0.15, -0.1) is 0 Å². The predicted molar refractivity (Wildman–Crippen MR) is 86.5 cm³/mol. The summed E-state index contributed by atoms with van der Waals surface area (Å²) in [5, 5.41) is 3.61. The number of nitrogens with one attached hydrogen (secondary N) is 1. The summed E-state index contributed by atoms with van der Waals surface area (Å²) in [5.74, 6) is 0.276. The molecule has 0 saturated carbocycles. The quantitative estimate of drug-likeness (QED) is 0.851. The third kappa shape index (κ3) is 3.22. The molecular weight excluding hydrogens is 380 g/mol. The van der Waals surface area contributed by atoms with Crippen LogP contribution in [-0.2, 0) is 10.0 Å². The molecule has 1 N–H and O–H groups in total. The van der Waals surface area contributed by atoms with Gasteiger partial charge in [-0.2, -0.15) is 4.31 Å². The number of ether oxygens (including phenoxy) is 1. The fourth-order valence-electron chi connectivity index (χ4n) is 2.42. The summed E-state index contributed by atoms with van der Waals surface area (Å²) in [6.45, 7) is 4.90. The van der Waals surface area contributed by atoms with Crippen LogP contribution in [-0.4, -0.2) is 45.0 Å². The van der Waals surface area contributed by atoms with Gasteiger partial charge in [-0.3, -0.25) is 0 Å². The molecule has 0 amide bonds. The lowest BCUT2D eigenvalue weighted by Gasteiger charge is -2.37. The van der Waals surface area contributed by atoms with Crippen LogP contribution in [0.15, 0.2) is 21.5 Å². The van der Waals surface area contributed by atoms with Gasteiger partial charge in [0, 0.05) is 30.2 Å². The smallest absolute Gasteiger partial charge is 0.247 e. The number of nitrogens with zero attached hydrogens (tertiary/aromatic N) is 1. The van der Waals surface area contributed by atoms with E-state index in [9.17, 15) is 8.42 Å². The standard InChI is InChI=1S/C13H18BrClN2O3S/c1-8-9(2)17(5-4-16-8)21(18,19)12-7-10(15)6-11(14)13(12)20-3/h6-9,16H,4-5H2,1-3H3. The minimum absolute atomic E-state index is 0.0853. The monoisotopic (exact) mass is 396 g/mol. The summed E-state index contributed by atoms with van der Waals surface area (Å²) in [6.07, 6.45) is 0. The highest BCUT2D eigenvalue weighted by Crippen LogP contribution is 2.37. The molecule has 1 aliphatic rings. The molecule has 0 aromatic heterocycles. The van der Waals surface area contributed by atoms with Gasteiger partial charge < -0.3 is 10.1 Å². The second-order valence-corrected chi connectivity index (χ2v) is 8.17. The maximum absolute atomic E-state index is 13.0. The number of hydrogen-bond donors (Lipinski definition) is 1. The minimum Gasteiger partial charge on any atom is -0.494 e. The Balaban J connectivity index is 2.54. The van der Waals surface area contributed by atoms with Crippen LogP contribution in [0.3, 0.4) is 0 Å². The Morgan fingerprint density at radius 3 is 2.71 bits per heavy atom. The van der Waals surface area contributed by atoms with E-state index in [4.69, 9.17) is 16.3 Å². The lowest BCUT2D eigenvalue weighted by molar-refractivity contribution is 0.232. The van der Waals surface area contributed by atoms with Crippen molar-refractivity contribution in [2.45, 2.75) is 30.8 Å².